The van der Waals surface area contributed by atoms with Gasteiger partial charge in [-0.1, -0.05) is 74.6 Å². The van der Waals surface area contributed by atoms with Crippen molar-refractivity contribution >= 4 is 61.2 Å². The van der Waals surface area contributed by atoms with Crippen LogP contribution in [0, 0.1) is 27.7 Å². The average Bonchev–Trinajstić information content (AvgIpc) is 3.20. The Morgan fingerprint density at radius 1 is 0.500 bits per heavy atom. The molecule has 0 fully saturated rings. The SMILES string of the molecule is Cc1cc2nc3cc(C)c(NCCCCCCCCCc4ccc5nc6cc(C)c(N)cc6[n+](-c6ccccc6)c5c4C)cc3[n+](-c3ccccc3)c2cc1N.[Cl-].[Cl-]. The van der Waals surface area contributed by atoms with Crippen LogP contribution in [0.1, 0.15) is 72.8 Å². The molecule has 0 aliphatic carbocycles. The number of benzene rings is 6. The lowest BCUT2D eigenvalue weighted by Crippen LogP contribution is -3.00. The molecule has 0 saturated heterocycles. The largest absolute Gasteiger partial charge is 1.00 e. The second-order valence-electron chi connectivity index (χ2n) is 15.5. The van der Waals surface area contributed by atoms with E-state index >= 15 is 0 Å². The Kier molecular flexibility index (Phi) is 13.4. The second kappa shape index (κ2) is 18.4. The van der Waals surface area contributed by atoms with E-state index < -0.39 is 0 Å². The normalized spacial score (nSPS) is 11.2. The molecule has 6 aromatic carbocycles. The smallest absolute Gasteiger partial charge is 0.240 e. The summed E-state index contributed by atoms with van der Waals surface area (Å²) in [6.45, 7) is 9.46. The highest BCUT2D eigenvalue weighted by atomic mass is 35.5. The average molecular weight is 811 g/mol. The minimum Gasteiger partial charge on any atom is -1.00 e. The number of nitrogens with zero attached hydrogens (tertiary/aromatic N) is 4. The summed E-state index contributed by atoms with van der Waals surface area (Å²) in [5, 5.41) is 3.75. The van der Waals surface area contributed by atoms with E-state index in [1.807, 2.05) is 13.8 Å². The van der Waals surface area contributed by atoms with Crippen LogP contribution in [0.4, 0.5) is 17.1 Å². The van der Waals surface area contributed by atoms with Crippen molar-refractivity contribution in [1.29, 1.82) is 0 Å². The third-order valence-electron chi connectivity index (χ3n) is 11.5. The number of rotatable bonds is 13. The number of hydrogen-bond acceptors (Lipinski definition) is 5. The molecule has 58 heavy (non-hydrogen) atoms. The highest BCUT2D eigenvalue weighted by Gasteiger charge is 2.24. The molecule has 0 aliphatic rings. The first kappa shape index (κ1) is 42.1. The number of anilines is 3. The van der Waals surface area contributed by atoms with Crippen LogP contribution in [-0.2, 0) is 6.42 Å². The van der Waals surface area contributed by atoms with Gasteiger partial charge in [0.25, 0.3) is 0 Å². The van der Waals surface area contributed by atoms with Crippen molar-refractivity contribution in [2.24, 2.45) is 0 Å². The number of hydrogen-bond donors (Lipinski definition) is 3. The van der Waals surface area contributed by atoms with Gasteiger partial charge in [0.15, 0.2) is 0 Å². The second-order valence-corrected chi connectivity index (χ2v) is 15.5. The monoisotopic (exact) mass is 809 g/mol. The summed E-state index contributed by atoms with van der Waals surface area (Å²) in [4.78, 5) is 10.2. The molecule has 0 spiro atoms. The number of nitrogens with one attached hydrogen (secondary N) is 1. The van der Waals surface area contributed by atoms with Gasteiger partial charge >= 0.3 is 0 Å². The molecule has 2 heterocycles. The summed E-state index contributed by atoms with van der Waals surface area (Å²) in [6.07, 6.45) is 9.67. The Morgan fingerprint density at radius 3 is 1.59 bits per heavy atom. The van der Waals surface area contributed by atoms with Crippen LogP contribution >= 0.6 is 0 Å². The fourth-order valence-corrected chi connectivity index (χ4v) is 8.20. The highest BCUT2D eigenvalue weighted by Crippen LogP contribution is 2.28. The molecule has 0 saturated carbocycles. The lowest BCUT2D eigenvalue weighted by Gasteiger charge is -2.12. The number of nitrogens with two attached hydrogens (primary N) is 2. The van der Waals surface area contributed by atoms with Gasteiger partial charge in [0.2, 0.25) is 33.4 Å². The van der Waals surface area contributed by atoms with Gasteiger partial charge in [-0.3, -0.25) is 0 Å². The molecular weight excluding hydrogens is 757 g/mol. The predicted molar refractivity (Wildman–Crippen MR) is 234 cm³/mol. The first-order valence-electron chi connectivity index (χ1n) is 20.2. The molecule has 9 heteroatoms. The summed E-state index contributed by atoms with van der Waals surface area (Å²) in [6, 6.07) is 38.4. The van der Waals surface area contributed by atoms with Crippen molar-refractivity contribution in [3.8, 4) is 11.4 Å². The van der Waals surface area contributed by atoms with Crippen LogP contribution in [-0.4, -0.2) is 16.5 Å². The highest BCUT2D eigenvalue weighted by molar-refractivity contribution is 5.88. The van der Waals surface area contributed by atoms with Gasteiger partial charge in [-0.05, 0) is 93.5 Å². The molecule has 2 aromatic heterocycles. The van der Waals surface area contributed by atoms with E-state index in [4.69, 9.17) is 21.4 Å². The molecule has 0 aliphatic heterocycles. The molecule has 298 valence electrons. The van der Waals surface area contributed by atoms with Gasteiger partial charge in [0.1, 0.15) is 22.1 Å². The number of halogens is 2. The Balaban J connectivity index is 0.00000283. The van der Waals surface area contributed by atoms with Crippen LogP contribution in [0.3, 0.4) is 0 Å². The lowest BCUT2D eigenvalue weighted by atomic mass is 9.99. The maximum absolute atomic E-state index is 6.42. The Bertz CT molecular complexity index is 2690. The molecule has 0 unspecified atom stereocenters. The van der Waals surface area contributed by atoms with Crippen LogP contribution in [0.25, 0.3) is 55.5 Å². The van der Waals surface area contributed by atoms with Crippen molar-refractivity contribution in [3.05, 3.63) is 137 Å². The number of fused-ring (bicyclic) bond motifs is 4. The quantitative estimate of drug-likeness (QED) is 0.0694. The summed E-state index contributed by atoms with van der Waals surface area (Å²) in [5.74, 6) is 0. The van der Waals surface area contributed by atoms with E-state index in [0.717, 1.165) is 103 Å². The topological polar surface area (TPSA) is 97.6 Å². The number of para-hydroxylation sites is 2. The Morgan fingerprint density at radius 2 is 0.983 bits per heavy atom. The van der Waals surface area contributed by atoms with Crippen LogP contribution in [0.15, 0.2) is 109 Å². The minimum atomic E-state index is 0. The molecule has 8 aromatic rings. The van der Waals surface area contributed by atoms with Gasteiger partial charge in [0, 0.05) is 71.6 Å². The summed E-state index contributed by atoms with van der Waals surface area (Å²) in [5.41, 5.74) is 31.9. The van der Waals surface area contributed by atoms with Crippen molar-refractivity contribution in [2.45, 2.75) is 79.1 Å². The zero-order chi connectivity index (χ0) is 38.8. The molecule has 8 rings (SSSR count). The Hall–Kier alpha value is -5.50. The number of unbranched alkanes of at least 4 members (excludes halogenated alkanes) is 6. The molecule has 0 radical (unpaired) electrons. The van der Waals surface area contributed by atoms with E-state index in [1.54, 1.807) is 0 Å². The van der Waals surface area contributed by atoms with E-state index in [0.29, 0.717) is 0 Å². The van der Waals surface area contributed by atoms with Crippen LogP contribution in [0.5, 0.6) is 0 Å². The zero-order valence-corrected chi connectivity index (χ0v) is 35.5. The molecule has 0 bridgehead atoms. The summed E-state index contributed by atoms with van der Waals surface area (Å²) < 4.78 is 4.64. The maximum atomic E-state index is 6.42. The van der Waals surface area contributed by atoms with Gasteiger partial charge < -0.3 is 41.6 Å². The first-order valence-corrected chi connectivity index (χ1v) is 20.2. The van der Waals surface area contributed by atoms with E-state index in [1.165, 1.54) is 55.2 Å². The Labute approximate surface area is 354 Å². The molecule has 7 nitrogen and oxygen atoms in total. The summed E-state index contributed by atoms with van der Waals surface area (Å²) >= 11 is 0. The van der Waals surface area contributed by atoms with Gasteiger partial charge in [0.05, 0.1) is 0 Å². The fourth-order valence-electron chi connectivity index (χ4n) is 8.20. The van der Waals surface area contributed by atoms with Gasteiger partial charge in [-0.25, -0.2) is 9.97 Å². The predicted octanol–water partition coefficient (Wildman–Crippen LogP) is 4.43. The maximum Gasteiger partial charge on any atom is 0.240 e. The minimum absolute atomic E-state index is 0. The van der Waals surface area contributed by atoms with Crippen molar-refractivity contribution in [2.75, 3.05) is 23.3 Å². The van der Waals surface area contributed by atoms with Crippen molar-refractivity contribution < 1.29 is 33.9 Å². The van der Waals surface area contributed by atoms with Gasteiger partial charge in [-0.2, -0.15) is 0 Å². The zero-order valence-electron chi connectivity index (χ0n) is 34.0. The van der Waals surface area contributed by atoms with E-state index in [-0.39, 0.29) is 24.8 Å². The first-order chi connectivity index (χ1) is 27.3. The molecular formula is C49H53Cl2N7. The van der Waals surface area contributed by atoms with E-state index in [2.05, 4.69) is 137 Å². The standard InChI is InChI=1S/C49H51N7.2ClH/c1-32-26-43-46(29-39(32)50)55(37-19-13-10-14-20-37)48-31-42(34(3)28-45(48)54-43)52-25-17-9-7-5-6-8-12-18-36-23-24-41-49(35(36)4)56(38-21-15-11-16-22-38)47-30-40(51)33(2)27-44(47)53-41;;/h10-11,13-16,19-24,26-31,51H,5-9,12,17-18,25H2,1-4H3,(H2,50,52);2*1H. The van der Waals surface area contributed by atoms with Crippen molar-refractivity contribution in [3.63, 3.8) is 0 Å². The third-order valence-corrected chi connectivity index (χ3v) is 11.5. The number of aryl methyl sites for hydroxylation is 5. The molecule has 5 N–H and O–H groups in total. The van der Waals surface area contributed by atoms with Crippen LogP contribution in [0.2, 0.25) is 0 Å². The third kappa shape index (κ3) is 8.52. The molecule has 0 amide bonds. The van der Waals surface area contributed by atoms with E-state index in [9.17, 15) is 0 Å². The van der Waals surface area contributed by atoms with Gasteiger partial charge in [-0.15, -0.1) is 9.13 Å². The number of nitrogen functional groups attached to an aromatic ring is 2. The summed E-state index contributed by atoms with van der Waals surface area (Å²) in [7, 11) is 0. The van der Waals surface area contributed by atoms with Crippen molar-refractivity contribution in [1.82, 2.24) is 9.97 Å². The number of aromatic nitrogens is 4. The lowest BCUT2D eigenvalue weighted by molar-refractivity contribution is -0.538. The molecule has 0 atom stereocenters. The van der Waals surface area contributed by atoms with Crippen LogP contribution < -0.4 is 50.7 Å². The fraction of sp³-hybridized carbons (Fsp3) is 0.265.